The van der Waals surface area contributed by atoms with Crippen molar-refractivity contribution < 1.29 is 4.42 Å². The maximum absolute atomic E-state index is 5.53. The highest BCUT2D eigenvalue weighted by atomic mass is 16.4. The van der Waals surface area contributed by atoms with Crippen molar-refractivity contribution in [2.45, 2.75) is 19.9 Å². The van der Waals surface area contributed by atoms with Crippen molar-refractivity contribution in [3.63, 3.8) is 0 Å². The number of oxazole rings is 1. The van der Waals surface area contributed by atoms with Crippen LogP contribution in [0.2, 0.25) is 0 Å². The minimum Gasteiger partial charge on any atom is -0.444 e. The number of anilines is 3. The maximum atomic E-state index is 5.53. The normalized spacial score (nSPS) is 10.3. The number of aromatic nitrogens is 3. The molecule has 0 unspecified atom stereocenters. The van der Waals surface area contributed by atoms with Gasteiger partial charge in [-0.3, -0.25) is 0 Å². The quantitative estimate of drug-likeness (QED) is 0.445. The summed E-state index contributed by atoms with van der Waals surface area (Å²) < 4.78 is 5.45. The zero-order chi connectivity index (χ0) is 13.0. The maximum Gasteiger partial charge on any atom is 0.223 e. The van der Waals surface area contributed by atoms with Gasteiger partial charge in [-0.25, -0.2) is 10.8 Å². The van der Waals surface area contributed by atoms with Crippen molar-refractivity contribution in [1.82, 2.24) is 15.0 Å². The van der Waals surface area contributed by atoms with Crippen LogP contribution in [0.3, 0.4) is 0 Å². The summed E-state index contributed by atoms with van der Waals surface area (Å²) in [6, 6.07) is 1.64. The van der Waals surface area contributed by atoms with Crippen LogP contribution in [0.15, 0.2) is 16.7 Å². The summed E-state index contributed by atoms with van der Waals surface area (Å²) in [6.45, 7) is 2.42. The minimum atomic E-state index is 0.134. The molecule has 0 bridgehead atoms. The number of nitrogens with two attached hydrogens (primary N) is 2. The third-order valence-corrected chi connectivity index (χ3v) is 2.26. The molecule has 2 aromatic rings. The molecule has 0 atom stereocenters. The molecule has 8 heteroatoms. The van der Waals surface area contributed by atoms with E-state index in [2.05, 4.69) is 25.7 Å². The van der Waals surface area contributed by atoms with E-state index in [9.17, 15) is 0 Å². The average Bonchev–Trinajstić information content (AvgIpc) is 2.83. The number of aryl methyl sites for hydroxylation is 1. The van der Waals surface area contributed by atoms with E-state index >= 15 is 0 Å². The SMILES string of the molecule is CCc1cnc(CNc2cc(NN)nc(N)n2)o1. The average molecular weight is 249 g/mol. The molecule has 0 aliphatic heterocycles. The molecule has 0 fully saturated rings. The highest BCUT2D eigenvalue weighted by Gasteiger charge is 2.04. The van der Waals surface area contributed by atoms with E-state index in [0.29, 0.717) is 24.1 Å². The van der Waals surface area contributed by atoms with Gasteiger partial charge in [0.15, 0.2) is 0 Å². The molecule has 8 nitrogen and oxygen atoms in total. The summed E-state index contributed by atoms with van der Waals surface area (Å²) in [4.78, 5) is 12.0. The molecule has 6 N–H and O–H groups in total. The molecule has 0 saturated heterocycles. The van der Waals surface area contributed by atoms with Crippen LogP contribution in [0.25, 0.3) is 0 Å². The Hall–Kier alpha value is -2.35. The van der Waals surface area contributed by atoms with Gasteiger partial charge in [-0.05, 0) is 0 Å². The smallest absolute Gasteiger partial charge is 0.223 e. The van der Waals surface area contributed by atoms with Crippen molar-refractivity contribution in [2.24, 2.45) is 5.84 Å². The fraction of sp³-hybridized carbons (Fsp3) is 0.300. The minimum absolute atomic E-state index is 0.134. The monoisotopic (exact) mass is 249 g/mol. The standard InChI is InChI=1S/C10H15N7O/c1-2-6-4-14-9(18-6)5-13-7-3-8(17-12)16-10(11)15-7/h3-4H,2,5,12H2,1H3,(H4,11,13,15,16,17). The van der Waals surface area contributed by atoms with E-state index in [1.807, 2.05) is 6.92 Å². The summed E-state index contributed by atoms with van der Waals surface area (Å²) in [7, 11) is 0. The van der Waals surface area contributed by atoms with E-state index in [1.54, 1.807) is 12.3 Å². The fourth-order valence-electron chi connectivity index (χ4n) is 1.39. The summed E-state index contributed by atoms with van der Waals surface area (Å²) in [5.74, 6) is 7.82. The molecule has 2 heterocycles. The summed E-state index contributed by atoms with van der Waals surface area (Å²) in [5.41, 5.74) is 7.94. The molecular weight excluding hydrogens is 234 g/mol. The van der Waals surface area contributed by atoms with Crippen LogP contribution < -0.4 is 22.3 Å². The third kappa shape index (κ3) is 2.86. The molecule has 0 spiro atoms. The second-order valence-electron chi connectivity index (χ2n) is 3.57. The Morgan fingerprint density at radius 3 is 2.78 bits per heavy atom. The predicted octanol–water partition coefficient (Wildman–Crippen LogP) is 0.507. The van der Waals surface area contributed by atoms with Crippen LogP contribution in [-0.2, 0) is 13.0 Å². The van der Waals surface area contributed by atoms with Crippen LogP contribution in [0.1, 0.15) is 18.6 Å². The van der Waals surface area contributed by atoms with Crippen LogP contribution in [0, 0.1) is 0 Å². The number of nitrogens with zero attached hydrogens (tertiary/aromatic N) is 3. The van der Waals surface area contributed by atoms with E-state index in [4.69, 9.17) is 16.0 Å². The van der Waals surface area contributed by atoms with E-state index < -0.39 is 0 Å². The van der Waals surface area contributed by atoms with Crippen LogP contribution >= 0.6 is 0 Å². The highest BCUT2D eigenvalue weighted by molar-refractivity contribution is 5.50. The van der Waals surface area contributed by atoms with Gasteiger partial charge in [0.25, 0.3) is 0 Å². The molecule has 0 aromatic carbocycles. The zero-order valence-electron chi connectivity index (χ0n) is 9.97. The van der Waals surface area contributed by atoms with Crippen molar-refractivity contribution >= 4 is 17.6 Å². The lowest BCUT2D eigenvalue weighted by molar-refractivity contribution is 0.465. The van der Waals surface area contributed by atoms with Gasteiger partial charge in [0, 0.05) is 12.5 Å². The highest BCUT2D eigenvalue weighted by Crippen LogP contribution is 2.13. The van der Waals surface area contributed by atoms with E-state index in [-0.39, 0.29) is 5.95 Å². The number of hydrazine groups is 1. The van der Waals surface area contributed by atoms with Gasteiger partial charge in [0.2, 0.25) is 11.8 Å². The predicted molar refractivity (Wildman–Crippen MR) is 67.5 cm³/mol. The Bertz CT molecular complexity index is 525. The molecule has 2 rings (SSSR count). The fourth-order valence-corrected chi connectivity index (χ4v) is 1.39. The Labute approximate surface area is 104 Å². The summed E-state index contributed by atoms with van der Waals surface area (Å²) in [6.07, 6.45) is 2.52. The van der Waals surface area contributed by atoms with Gasteiger partial charge in [0.1, 0.15) is 17.4 Å². The molecule has 0 amide bonds. The van der Waals surface area contributed by atoms with Crippen LogP contribution in [-0.4, -0.2) is 15.0 Å². The van der Waals surface area contributed by atoms with Crippen molar-refractivity contribution in [1.29, 1.82) is 0 Å². The zero-order valence-corrected chi connectivity index (χ0v) is 9.97. The Balaban J connectivity index is 2.03. The topological polar surface area (TPSA) is 128 Å². The lowest BCUT2D eigenvalue weighted by atomic mass is 10.4. The number of nitrogen functional groups attached to an aromatic ring is 2. The number of rotatable bonds is 5. The Morgan fingerprint density at radius 1 is 1.33 bits per heavy atom. The van der Waals surface area contributed by atoms with Crippen molar-refractivity contribution in [2.75, 3.05) is 16.5 Å². The molecular formula is C10H15N7O. The third-order valence-electron chi connectivity index (χ3n) is 2.26. The Kier molecular flexibility index (Phi) is 3.58. The van der Waals surface area contributed by atoms with Gasteiger partial charge in [-0.1, -0.05) is 6.92 Å². The first-order chi connectivity index (χ1) is 8.71. The largest absolute Gasteiger partial charge is 0.444 e. The second kappa shape index (κ2) is 5.32. The van der Waals surface area contributed by atoms with E-state index in [0.717, 1.165) is 12.2 Å². The van der Waals surface area contributed by atoms with Crippen molar-refractivity contribution in [3.8, 4) is 0 Å². The first-order valence-electron chi connectivity index (χ1n) is 5.50. The van der Waals surface area contributed by atoms with Crippen molar-refractivity contribution in [3.05, 3.63) is 23.9 Å². The molecule has 0 saturated carbocycles. The first kappa shape index (κ1) is 12.1. The number of hydrogen-bond donors (Lipinski definition) is 4. The van der Waals surface area contributed by atoms with Gasteiger partial charge < -0.3 is 20.9 Å². The summed E-state index contributed by atoms with van der Waals surface area (Å²) >= 11 is 0. The lowest BCUT2D eigenvalue weighted by Gasteiger charge is -2.06. The molecule has 0 radical (unpaired) electrons. The second-order valence-corrected chi connectivity index (χ2v) is 3.57. The summed E-state index contributed by atoms with van der Waals surface area (Å²) in [5, 5.41) is 3.03. The lowest BCUT2D eigenvalue weighted by Crippen LogP contribution is -2.12. The van der Waals surface area contributed by atoms with Gasteiger partial charge in [-0.2, -0.15) is 9.97 Å². The molecule has 0 aliphatic rings. The molecule has 2 aromatic heterocycles. The molecule has 0 aliphatic carbocycles. The van der Waals surface area contributed by atoms with Crippen LogP contribution in [0.4, 0.5) is 17.6 Å². The Morgan fingerprint density at radius 2 is 2.11 bits per heavy atom. The van der Waals surface area contributed by atoms with Gasteiger partial charge in [-0.15, -0.1) is 0 Å². The first-order valence-corrected chi connectivity index (χ1v) is 5.50. The van der Waals surface area contributed by atoms with Gasteiger partial charge in [0.05, 0.1) is 12.7 Å². The molecule has 96 valence electrons. The van der Waals surface area contributed by atoms with Crippen LogP contribution in [0.5, 0.6) is 0 Å². The van der Waals surface area contributed by atoms with E-state index in [1.165, 1.54) is 0 Å². The molecule has 18 heavy (non-hydrogen) atoms. The number of nitrogens with one attached hydrogen (secondary N) is 2. The number of hydrogen-bond acceptors (Lipinski definition) is 8. The van der Waals surface area contributed by atoms with Gasteiger partial charge >= 0.3 is 0 Å².